The molecule has 1 aliphatic carbocycles. The highest BCUT2D eigenvalue weighted by Crippen LogP contribution is 2.49. The van der Waals surface area contributed by atoms with E-state index >= 15 is 0 Å². The van der Waals surface area contributed by atoms with Gasteiger partial charge in [-0.15, -0.1) is 0 Å². The minimum absolute atomic E-state index is 0.0632. The van der Waals surface area contributed by atoms with Crippen molar-refractivity contribution in [1.82, 2.24) is 15.0 Å². The molecular weight excluding hydrogens is 562 g/mol. The third kappa shape index (κ3) is 4.11. The second-order valence-corrected chi connectivity index (χ2v) is 12.5. The summed E-state index contributed by atoms with van der Waals surface area (Å²) in [6.07, 6.45) is 0. The van der Waals surface area contributed by atoms with Gasteiger partial charge in [-0.3, -0.25) is 0 Å². The smallest absolute Gasteiger partial charge is 0.164 e. The predicted octanol–water partition coefficient (Wildman–Crippen LogP) is 10.7. The fourth-order valence-electron chi connectivity index (χ4n) is 7.03. The van der Waals surface area contributed by atoms with E-state index in [1.165, 1.54) is 22.3 Å². The van der Waals surface area contributed by atoms with Gasteiger partial charge in [0.2, 0.25) is 0 Å². The van der Waals surface area contributed by atoms with Gasteiger partial charge in [-0.05, 0) is 57.6 Å². The van der Waals surface area contributed by atoms with Crippen molar-refractivity contribution in [3.05, 3.63) is 151 Å². The predicted molar refractivity (Wildman–Crippen MR) is 186 cm³/mol. The van der Waals surface area contributed by atoms with Crippen molar-refractivity contribution in [1.29, 1.82) is 0 Å². The summed E-state index contributed by atoms with van der Waals surface area (Å²) in [6.45, 7) is 4.59. The standard InChI is InChI=1S/C42H29N3O/c1-42(2)34-18-10-9-16-31(34)33-24-28(21-23-35(33)42)40-43-39(27-14-7-4-8-15-27)44-41(45-40)29-20-22-32-37(25-29)46-36-19-11-17-30(38(32)36)26-12-5-3-6-13-26/h3-25H,1-2H3. The van der Waals surface area contributed by atoms with E-state index in [-0.39, 0.29) is 5.41 Å². The number of aromatic nitrogens is 3. The molecule has 0 atom stereocenters. The molecule has 0 aliphatic heterocycles. The number of hydrogen-bond acceptors (Lipinski definition) is 4. The molecule has 9 rings (SSSR count). The molecule has 4 heteroatoms. The largest absolute Gasteiger partial charge is 0.456 e. The van der Waals surface area contributed by atoms with Crippen molar-refractivity contribution in [2.45, 2.75) is 19.3 Å². The van der Waals surface area contributed by atoms with Crippen molar-refractivity contribution >= 4 is 21.9 Å². The lowest BCUT2D eigenvalue weighted by molar-refractivity contribution is 0.660. The van der Waals surface area contributed by atoms with E-state index < -0.39 is 0 Å². The van der Waals surface area contributed by atoms with Crippen molar-refractivity contribution in [2.75, 3.05) is 0 Å². The summed E-state index contributed by atoms with van der Waals surface area (Å²) in [4.78, 5) is 15.1. The molecule has 0 bridgehead atoms. The van der Waals surface area contributed by atoms with E-state index in [0.717, 1.165) is 49.8 Å². The van der Waals surface area contributed by atoms with Gasteiger partial charge < -0.3 is 4.42 Å². The Labute approximate surface area is 267 Å². The first-order chi connectivity index (χ1) is 22.5. The van der Waals surface area contributed by atoms with Crippen LogP contribution in [0.3, 0.4) is 0 Å². The summed E-state index contributed by atoms with van der Waals surface area (Å²) >= 11 is 0. The minimum Gasteiger partial charge on any atom is -0.456 e. The first-order valence-electron chi connectivity index (χ1n) is 15.6. The summed E-state index contributed by atoms with van der Waals surface area (Å²) in [7, 11) is 0. The number of benzene rings is 6. The highest BCUT2D eigenvalue weighted by atomic mass is 16.3. The summed E-state index contributed by atoms with van der Waals surface area (Å²) in [5.74, 6) is 1.89. The van der Waals surface area contributed by atoms with Crippen LogP contribution in [0.2, 0.25) is 0 Å². The molecule has 0 fully saturated rings. The number of furan rings is 1. The third-order valence-electron chi connectivity index (χ3n) is 9.35. The zero-order chi connectivity index (χ0) is 30.8. The SMILES string of the molecule is CC1(C)c2ccccc2-c2cc(-c3nc(-c4ccccc4)nc(-c4ccc5c(c4)oc4cccc(-c6ccccc6)c45)n3)ccc21. The molecule has 218 valence electrons. The molecule has 0 radical (unpaired) electrons. The maximum atomic E-state index is 6.44. The van der Waals surface area contributed by atoms with E-state index in [2.05, 4.69) is 111 Å². The van der Waals surface area contributed by atoms with Crippen molar-refractivity contribution < 1.29 is 4.42 Å². The molecule has 6 aromatic carbocycles. The van der Waals surface area contributed by atoms with Crippen molar-refractivity contribution in [2.24, 2.45) is 0 Å². The first kappa shape index (κ1) is 26.5. The Kier molecular flexibility index (Phi) is 5.81. The first-order valence-corrected chi connectivity index (χ1v) is 15.6. The molecular formula is C42H29N3O. The van der Waals surface area contributed by atoms with Gasteiger partial charge in [0, 0.05) is 32.9 Å². The Balaban J connectivity index is 1.21. The highest BCUT2D eigenvalue weighted by molar-refractivity contribution is 6.13. The third-order valence-corrected chi connectivity index (χ3v) is 9.35. The van der Waals surface area contributed by atoms with Crippen LogP contribution in [-0.2, 0) is 5.41 Å². The van der Waals surface area contributed by atoms with Gasteiger partial charge in [-0.1, -0.05) is 129 Å². The van der Waals surface area contributed by atoms with Crippen molar-refractivity contribution in [3.63, 3.8) is 0 Å². The molecule has 0 saturated carbocycles. The molecule has 2 aromatic heterocycles. The molecule has 4 nitrogen and oxygen atoms in total. The monoisotopic (exact) mass is 591 g/mol. The lowest BCUT2D eigenvalue weighted by Gasteiger charge is -2.21. The van der Waals surface area contributed by atoms with Crippen LogP contribution in [0, 0.1) is 0 Å². The van der Waals surface area contributed by atoms with E-state index in [4.69, 9.17) is 19.4 Å². The van der Waals surface area contributed by atoms with Crippen LogP contribution in [0.15, 0.2) is 144 Å². The molecule has 46 heavy (non-hydrogen) atoms. The van der Waals surface area contributed by atoms with Crippen LogP contribution in [0.4, 0.5) is 0 Å². The molecule has 1 aliphatic rings. The van der Waals surface area contributed by atoms with Crippen LogP contribution in [0.1, 0.15) is 25.0 Å². The summed E-state index contributed by atoms with van der Waals surface area (Å²) in [5.41, 5.74) is 11.9. The summed E-state index contributed by atoms with van der Waals surface area (Å²) < 4.78 is 6.44. The Bertz CT molecular complexity index is 2440. The van der Waals surface area contributed by atoms with E-state index in [1.807, 2.05) is 42.5 Å². The zero-order valence-electron chi connectivity index (χ0n) is 25.5. The number of hydrogen-bond donors (Lipinski definition) is 0. The average Bonchev–Trinajstić information content (AvgIpc) is 3.60. The van der Waals surface area contributed by atoms with E-state index in [9.17, 15) is 0 Å². The van der Waals surface area contributed by atoms with Gasteiger partial charge >= 0.3 is 0 Å². The normalized spacial score (nSPS) is 13.2. The van der Waals surface area contributed by atoms with E-state index in [1.54, 1.807) is 0 Å². The second-order valence-electron chi connectivity index (χ2n) is 12.5. The Morgan fingerprint density at radius 2 is 1.02 bits per heavy atom. The zero-order valence-corrected chi connectivity index (χ0v) is 25.5. The van der Waals surface area contributed by atoms with Gasteiger partial charge in [0.15, 0.2) is 17.5 Å². The molecule has 0 spiro atoms. The fourth-order valence-corrected chi connectivity index (χ4v) is 7.03. The van der Waals surface area contributed by atoms with Crippen LogP contribution in [-0.4, -0.2) is 15.0 Å². The van der Waals surface area contributed by atoms with Crippen LogP contribution in [0.25, 0.3) is 78.4 Å². The molecule has 0 amide bonds. The van der Waals surface area contributed by atoms with Gasteiger partial charge in [0.1, 0.15) is 11.2 Å². The fraction of sp³-hybridized carbons (Fsp3) is 0.0714. The molecule has 2 heterocycles. The quantitative estimate of drug-likeness (QED) is 0.204. The minimum atomic E-state index is -0.0632. The number of fused-ring (bicyclic) bond motifs is 6. The topological polar surface area (TPSA) is 51.8 Å². The van der Waals surface area contributed by atoms with Crippen molar-refractivity contribution in [3.8, 4) is 56.4 Å². The maximum Gasteiger partial charge on any atom is 0.164 e. The summed E-state index contributed by atoms with van der Waals surface area (Å²) in [5, 5.41) is 2.17. The van der Waals surface area contributed by atoms with Gasteiger partial charge in [-0.25, -0.2) is 15.0 Å². The van der Waals surface area contributed by atoms with Crippen LogP contribution in [0.5, 0.6) is 0 Å². The Morgan fingerprint density at radius 3 is 1.78 bits per heavy atom. The van der Waals surface area contributed by atoms with E-state index in [0.29, 0.717) is 17.5 Å². The van der Waals surface area contributed by atoms with Crippen LogP contribution < -0.4 is 0 Å². The number of nitrogens with zero attached hydrogens (tertiary/aromatic N) is 3. The average molecular weight is 592 g/mol. The molecule has 0 N–H and O–H groups in total. The maximum absolute atomic E-state index is 6.44. The Hall–Kier alpha value is -5.87. The molecule has 0 saturated heterocycles. The number of rotatable bonds is 4. The second kappa shape index (κ2) is 10.1. The van der Waals surface area contributed by atoms with Gasteiger partial charge in [0.05, 0.1) is 0 Å². The van der Waals surface area contributed by atoms with Gasteiger partial charge in [-0.2, -0.15) is 0 Å². The van der Waals surface area contributed by atoms with Gasteiger partial charge in [0.25, 0.3) is 0 Å². The van der Waals surface area contributed by atoms with Crippen LogP contribution >= 0.6 is 0 Å². The lowest BCUT2D eigenvalue weighted by Crippen LogP contribution is -2.14. The Morgan fingerprint density at radius 1 is 0.435 bits per heavy atom. The molecule has 8 aromatic rings. The highest BCUT2D eigenvalue weighted by Gasteiger charge is 2.35. The molecule has 0 unspecified atom stereocenters. The summed E-state index contributed by atoms with van der Waals surface area (Å²) in [6, 6.07) is 48.4. The lowest BCUT2D eigenvalue weighted by atomic mass is 9.82.